The van der Waals surface area contributed by atoms with Gasteiger partial charge in [0, 0.05) is 26.1 Å². The number of nitrogens with zero attached hydrogens (tertiary/aromatic N) is 1. The Hall–Kier alpha value is -1.10. The summed E-state index contributed by atoms with van der Waals surface area (Å²) in [7, 11) is 0. The monoisotopic (exact) mass is 297 g/mol. The van der Waals surface area contributed by atoms with E-state index in [0.717, 1.165) is 64.6 Å². The Balaban J connectivity index is 2.27. The van der Waals surface area contributed by atoms with Crippen molar-refractivity contribution in [2.75, 3.05) is 26.2 Å². The normalized spacial score (nSPS) is 18.6. The predicted molar refractivity (Wildman–Crippen MR) is 84.7 cm³/mol. The molecule has 0 aromatic carbocycles. The highest BCUT2D eigenvalue weighted by atomic mass is 16.2. The summed E-state index contributed by atoms with van der Waals surface area (Å²) in [5.41, 5.74) is 5.45. The molecule has 1 aliphatic heterocycles. The number of piperidine rings is 1. The fourth-order valence-electron chi connectivity index (χ4n) is 2.74. The minimum Gasteiger partial charge on any atom is -0.356 e. The highest BCUT2D eigenvalue weighted by Crippen LogP contribution is 2.18. The Morgan fingerprint density at radius 1 is 1.24 bits per heavy atom. The number of hydrogen-bond acceptors (Lipinski definition) is 3. The van der Waals surface area contributed by atoms with E-state index < -0.39 is 0 Å². The Bertz CT molecular complexity index is 321. The summed E-state index contributed by atoms with van der Waals surface area (Å²) in [6.45, 7) is 4.90. The molecule has 0 aliphatic carbocycles. The Kier molecular flexibility index (Phi) is 9.06. The minimum atomic E-state index is -0.0218. The van der Waals surface area contributed by atoms with Gasteiger partial charge < -0.3 is 16.0 Å². The van der Waals surface area contributed by atoms with Crippen molar-refractivity contribution >= 4 is 11.8 Å². The number of unbranched alkanes of at least 4 members (excludes halogenated alkanes) is 3. The summed E-state index contributed by atoms with van der Waals surface area (Å²) in [6.07, 6.45) is 7.53. The van der Waals surface area contributed by atoms with Gasteiger partial charge in [0.2, 0.25) is 11.8 Å². The SMILES string of the molecule is CCCNC(=O)C1CCCN(C(=O)CCCCCCN)C1. The maximum atomic E-state index is 12.2. The van der Waals surface area contributed by atoms with Gasteiger partial charge in [0.25, 0.3) is 0 Å². The standard InChI is InChI=1S/C16H31N3O2/c1-2-11-18-16(21)14-8-7-12-19(13-14)15(20)9-5-3-4-6-10-17/h14H,2-13,17H2,1H3,(H,18,21). The number of rotatable bonds is 9. The van der Waals surface area contributed by atoms with Crippen LogP contribution in [0.2, 0.25) is 0 Å². The van der Waals surface area contributed by atoms with Crippen molar-refractivity contribution < 1.29 is 9.59 Å². The smallest absolute Gasteiger partial charge is 0.224 e. The number of amides is 2. The van der Waals surface area contributed by atoms with Gasteiger partial charge in [-0.1, -0.05) is 19.8 Å². The molecule has 1 fully saturated rings. The molecule has 5 heteroatoms. The molecule has 2 amide bonds. The molecule has 0 spiro atoms. The van der Waals surface area contributed by atoms with Crippen LogP contribution in [0.5, 0.6) is 0 Å². The van der Waals surface area contributed by atoms with Crippen molar-refractivity contribution in [3.05, 3.63) is 0 Å². The third-order valence-corrected chi connectivity index (χ3v) is 4.04. The molecule has 5 nitrogen and oxygen atoms in total. The van der Waals surface area contributed by atoms with Gasteiger partial charge in [-0.25, -0.2) is 0 Å². The molecule has 21 heavy (non-hydrogen) atoms. The largest absolute Gasteiger partial charge is 0.356 e. The maximum absolute atomic E-state index is 12.2. The van der Waals surface area contributed by atoms with Crippen LogP contribution in [0.3, 0.4) is 0 Å². The minimum absolute atomic E-state index is 0.0218. The Morgan fingerprint density at radius 3 is 2.71 bits per heavy atom. The topological polar surface area (TPSA) is 75.4 Å². The lowest BCUT2D eigenvalue weighted by molar-refractivity contribution is -0.135. The van der Waals surface area contributed by atoms with E-state index in [4.69, 9.17) is 5.73 Å². The van der Waals surface area contributed by atoms with Gasteiger partial charge >= 0.3 is 0 Å². The van der Waals surface area contributed by atoms with Gasteiger partial charge in [0.15, 0.2) is 0 Å². The zero-order valence-corrected chi connectivity index (χ0v) is 13.4. The molecule has 122 valence electrons. The molecule has 1 rings (SSSR count). The molecule has 1 heterocycles. The highest BCUT2D eigenvalue weighted by molar-refractivity contribution is 5.81. The fraction of sp³-hybridized carbons (Fsp3) is 0.875. The van der Waals surface area contributed by atoms with E-state index in [-0.39, 0.29) is 17.7 Å². The number of nitrogens with two attached hydrogens (primary N) is 1. The maximum Gasteiger partial charge on any atom is 0.224 e. The van der Waals surface area contributed by atoms with E-state index in [1.165, 1.54) is 0 Å². The van der Waals surface area contributed by atoms with Crippen LogP contribution in [0.4, 0.5) is 0 Å². The van der Waals surface area contributed by atoms with Crippen LogP contribution in [0.25, 0.3) is 0 Å². The molecule has 1 saturated heterocycles. The van der Waals surface area contributed by atoms with Crippen LogP contribution in [0.15, 0.2) is 0 Å². The second-order valence-electron chi connectivity index (χ2n) is 5.92. The molecule has 1 aliphatic rings. The molecule has 0 saturated carbocycles. The Labute approximate surface area is 128 Å². The van der Waals surface area contributed by atoms with Crippen LogP contribution in [-0.4, -0.2) is 42.9 Å². The average molecular weight is 297 g/mol. The molecule has 0 bridgehead atoms. The van der Waals surface area contributed by atoms with E-state index in [9.17, 15) is 9.59 Å². The molecule has 0 aromatic rings. The van der Waals surface area contributed by atoms with Gasteiger partial charge in [-0.05, 0) is 38.6 Å². The lowest BCUT2D eigenvalue weighted by Crippen LogP contribution is -2.45. The lowest BCUT2D eigenvalue weighted by Gasteiger charge is -2.32. The van der Waals surface area contributed by atoms with Crippen molar-refractivity contribution in [3.8, 4) is 0 Å². The number of nitrogens with one attached hydrogen (secondary N) is 1. The fourth-order valence-corrected chi connectivity index (χ4v) is 2.74. The van der Waals surface area contributed by atoms with Crippen LogP contribution in [-0.2, 0) is 9.59 Å². The molecule has 1 atom stereocenters. The number of carbonyl (C=O) groups excluding carboxylic acids is 2. The van der Waals surface area contributed by atoms with Crippen LogP contribution in [0, 0.1) is 5.92 Å². The molecule has 3 N–H and O–H groups in total. The van der Waals surface area contributed by atoms with E-state index in [1.54, 1.807) is 0 Å². The second-order valence-corrected chi connectivity index (χ2v) is 5.92. The number of likely N-dealkylation sites (tertiary alicyclic amines) is 1. The molecular formula is C16H31N3O2. The first kappa shape index (κ1) is 18.0. The van der Waals surface area contributed by atoms with Crippen molar-refractivity contribution in [2.24, 2.45) is 11.7 Å². The van der Waals surface area contributed by atoms with Crippen molar-refractivity contribution in [1.82, 2.24) is 10.2 Å². The van der Waals surface area contributed by atoms with Gasteiger partial charge in [-0.3, -0.25) is 9.59 Å². The summed E-state index contributed by atoms with van der Waals surface area (Å²) >= 11 is 0. The summed E-state index contributed by atoms with van der Waals surface area (Å²) < 4.78 is 0. The first-order valence-corrected chi connectivity index (χ1v) is 8.44. The highest BCUT2D eigenvalue weighted by Gasteiger charge is 2.27. The molecular weight excluding hydrogens is 266 g/mol. The van der Waals surface area contributed by atoms with Crippen LogP contribution in [0.1, 0.15) is 58.3 Å². The van der Waals surface area contributed by atoms with Crippen molar-refractivity contribution in [1.29, 1.82) is 0 Å². The third kappa shape index (κ3) is 6.93. The quantitative estimate of drug-likeness (QED) is 0.636. The van der Waals surface area contributed by atoms with E-state index in [1.807, 2.05) is 11.8 Å². The molecule has 0 radical (unpaired) electrons. The van der Waals surface area contributed by atoms with E-state index >= 15 is 0 Å². The zero-order chi connectivity index (χ0) is 15.5. The third-order valence-electron chi connectivity index (χ3n) is 4.04. The van der Waals surface area contributed by atoms with Crippen LogP contribution >= 0.6 is 0 Å². The van der Waals surface area contributed by atoms with Crippen LogP contribution < -0.4 is 11.1 Å². The Morgan fingerprint density at radius 2 is 2.00 bits per heavy atom. The van der Waals surface area contributed by atoms with Gasteiger partial charge in [0.1, 0.15) is 0 Å². The lowest BCUT2D eigenvalue weighted by atomic mass is 9.96. The first-order chi connectivity index (χ1) is 10.2. The summed E-state index contributed by atoms with van der Waals surface area (Å²) in [5, 5.41) is 2.94. The van der Waals surface area contributed by atoms with E-state index in [2.05, 4.69) is 5.32 Å². The number of carbonyl (C=O) groups is 2. The summed E-state index contributed by atoms with van der Waals surface area (Å²) in [5.74, 6) is 0.291. The predicted octanol–water partition coefficient (Wildman–Crippen LogP) is 1.66. The summed E-state index contributed by atoms with van der Waals surface area (Å²) in [4.78, 5) is 26.1. The van der Waals surface area contributed by atoms with Gasteiger partial charge in [0.05, 0.1) is 5.92 Å². The molecule has 1 unspecified atom stereocenters. The van der Waals surface area contributed by atoms with Crippen molar-refractivity contribution in [3.63, 3.8) is 0 Å². The van der Waals surface area contributed by atoms with Crippen molar-refractivity contribution in [2.45, 2.75) is 58.3 Å². The summed E-state index contributed by atoms with van der Waals surface area (Å²) in [6, 6.07) is 0. The molecule has 0 aromatic heterocycles. The van der Waals surface area contributed by atoms with Gasteiger partial charge in [-0.15, -0.1) is 0 Å². The average Bonchev–Trinajstić information content (AvgIpc) is 2.52. The van der Waals surface area contributed by atoms with E-state index in [0.29, 0.717) is 13.0 Å². The number of hydrogen-bond donors (Lipinski definition) is 2. The second kappa shape index (κ2) is 10.6. The zero-order valence-electron chi connectivity index (χ0n) is 13.4. The van der Waals surface area contributed by atoms with Gasteiger partial charge in [-0.2, -0.15) is 0 Å². The first-order valence-electron chi connectivity index (χ1n) is 8.44.